The Kier molecular flexibility index (Phi) is 5.83. The third kappa shape index (κ3) is 5.14. The van der Waals surface area contributed by atoms with Gasteiger partial charge in [0.15, 0.2) is 5.13 Å². The second-order valence-corrected chi connectivity index (χ2v) is 7.03. The van der Waals surface area contributed by atoms with Crippen LogP contribution < -0.4 is 10.6 Å². The van der Waals surface area contributed by atoms with Crippen LogP contribution in [0.5, 0.6) is 0 Å². The third-order valence-electron chi connectivity index (χ3n) is 4.20. The second-order valence-electron chi connectivity index (χ2n) is 6.17. The fourth-order valence-corrected chi connectivity index (χ4v) is 3.65. The maximum atomic E-state index is 12.2. The SMILES string of the molecule is CC(=O)Nc1nc(CN2CCC(C(=O)NCc3ccco3)CC2)cs1. The maximum Gasteiger partial charge on any atom is 0.223 e. The van der Waals surface area contributed by atoms with Crippen molar-refractivity contribution in [3.05, 3.63) is 35.2 Å². The summed E-state index contributed by atoms with van der Waals surface area (Å²) in [6, 6.07) is 3.67. The van der Waals surface area contributed by atoms with Crippen molar-refractivity contribution in [3.8, 4) is 0 Å². The van der Waals surface area contributed by atoms with E-state index in [1.165, 1.54) is 18.3 Å². The molecule has 1 aliphatic heterocycles. The molecule has 3 rings (SSSR count). The van der Waals surface area contributed by atoms with E-state index in [0.717, 1.165) is 43.9 Å². The van der Waals surface area contributed by atoms with Crippen molar-refractivity contribution >= 4 is 28.3 Å². The van der Waals surface area contributed by atoms with Gasteiger partial charge in [-0.15, -0.1) is 11.3 Å². The number of rotatable bonds is 6. The first-order chi connectivity index (χ1) is 12.1. The number of carbonyl (C=O) groups excluding carboxylic acids is 2. The Hall–Kier alpha value is -2.19. The molecule has 134 valence electrons. The van der Waals surface area contributed by atoms with Gasteiger partial charge in [0.25, 0.3) is 0 Å². The molecule has 7 nitrogen and oxygen atoms in total. The summed E-state index contributed by atoms with van der Waals surface area (Å²) in [5, 5.41) is 8.24. The van der Waals surface area contributed by atoms with E-state index in [1.54, 1.807) is 6.26 Å². The van der Waals surface area contributed by atoms with Gasteiger partial charge in [0.05, 0.1) is 18.5 Å². The number of likely N-dealkylation sites (tertiary alicyclic amines) is 1. The molecule has 0 aromatic carbocycles. The molecule has 0 aliphatic carbocycles. The van der Waals surface area contributed by atoms with Gasteiger partial charge in [-0.25, -0.2) is 4.98 Å². The molecule has 8 heteroatoms. The van der Waals surface area contributed by atoms with E-state index in [2.05, 4.69) is 20.5 Å². The average Bonchev–Trinajstić information content (AvgIpc) is 3.25. The summed E-state index contributed by atoms with van der Waals surface area (Å²) in [6.07, 6.45) is 3.29. The first kappa shape index (κ1) is 17.6. The van der Waals surface area contributed by atoms with Crippen LogP contribution in [-0.4, -0.2) is 34.8 Å². The Labute approximate surface area is 150 Å². The topological polar surface area (TPSA) is 87.5 Å². The number of nitrogens with zero attached hydrogens (tertiary/aromatic N) is 2. The molecule has 1 saturated heterocycles. The number of hydrogen-bond donors (Lipinski definition) is 2. The fraction of sp³-hybridized carbons (Fsp3) is 0.471. The van der Waals surface area contributed by atoms with Crippen molar-refractivity contribution in [1.29, 1.82) is 0 Å². The van der Waals surface area contributed by atoms with Gasteiger partial charge >= 0.3 is 0 Å². The van der Waals surface area contributed by atoms with Crippen LogP contribution in [0, 0.1) is 5.92 Å². The standard InChI is InChI=1S/C17H22N4O3S/c1-12(22)19-17-20-14(11-25-17)10-21-6-4-13(5-7-21)16(23)18-9-15-3-2-8-24-15/h2-3,8,11,13H,4-7,9-10H2,1H3,(H,18,23)(H,19,20,22). The van der Waals surface area contributed by atoms with Gasteiger partial charge in [-0.3, -0.25) is 14.5 Å². The molecule has 1 aliphatic rings. The number of thiazole rings is 1. The van der Waals surface area contributed by atoms with Gasteiger partial charge in [0, 0.05) is 24.8 Å². The molecular weight excluding hydrogens is 340 g/mol. The minimum absolute atomic E-state index is 0.0524. The van der Waals surface area contributed by atoms with E-state index in [-0.39, 0.29) is 17.7 Å². The number of amides is 2. The molecule has 0 saturated carbocycles. The molecule has 1 fully saturated rings. The van der Waals surface area contributed by atoms with E-state index in [9.17, 15) is 9.59 Å². The van der Waals surface area contributed by atoms with Crippen LogP contribution >= 0.6 is 11.3 Å². The van der Waals surface area contributed by atoms with Crippen LogP contribution in [0.4, 0.5) is 5.13 Å². The Balaban J connectivity index is 1.41. The molecule has 0 unspecified atom stereocenters. The number of aromatic nitrogens is 1. The average molecular weight is 362 g/mol. The zero-order valence-electron chi connectivity index (χ0n) is 14.2. The fourth-order valence-electron chi connectivity index (χ4n) is 2.90. The number of piperidine rings is 1. The lowest BCUT2D eigenvalue weighted by atomic mass is 9.96. The molecule has 2 N–H and O–H groups in total. The normalized spacial score (nSPS) is 15.9. The Bertz CT molecular complexity index is 705. The van der Waals surface area contributed by atoms with E-state index in [1.807, 2.05) is 17.5 Å². The van der Waals surface area contributed by atoms with Crippen molar-refractivity contribution in [3.63, 3.8) is 0 Å². The van der Waals surface area contributed by atoms with Gasteiger partial charge in [0.2, 0.25) is 11.8 Å². The lowest BCUT2D eigenvalue weighted by Crippen LogP contribution is -2.40. The minimum Gasteiger partial charge on any atom is -0.467 e. The van der Waals surface area contributed by atoms with Crippen LogP contribution in [0.15, 0.2) is 28.2 Å². The third-order valence-corrected chi connectivity index (χ3v) is 5.00. The van der Waals surface area contributed by atoms with E-state index < -0.39 is 0 Å². The molecule has 0 bridgehead atoms. The number of hydrogen-bond acceptors (Lipinski definition) is 6. The Morgan fingerprint density at radius 1 is 1.40 bits per heavy atom. The van der Waals surface area contributed by atoms with Gasteiger partial charge in [-0.05, 0) is 38.1 Å². The maximum absolute atomic E-state index is 12.2. The zero-order chi connectivity index (χ0) is 17.6. The predicted octanol–water partition coefficient (Wildman–Crippen LogP) is 2.22. The van der Waals surface area contributed by atoms with Gasteiger partial charge in [-0.2, -0.15) is 0 Å². The summed E-state index contributed by atoms with van der Waals surface area (Å²) >= 11 is 1.43. The van der Waals surface area contributed by atoms with E-state index >= 15 is 0 Å². The van der Waals surface area contributed by atoms with Gasteiger partial charge < -0.3 is 15.1 Å². The molecule has 2 aromatic rings. The summed E-state index contributed by atoms with van der Waals surface area (Å²) in [4.78, 5) is 30.0. The quantitative estimate of drug-likeness (QED) is 0.823. The highest BCUT2D eigenvalue weighted by Gasteiger charge is 2.25. The van der Waals surface area contributed by atoms with Crippen molar-refractivity contribution in [2.24, 2.45) is 5.92 Å². The monoisotopic (exact) mass is 362 g/mol. The number of furan rings is 1. The van der Waals surface area contributed by atoms with Crippen LogP contribution in [0.2, 0.25) is 0 Å². The molecule has 0 spiro atoms. The largest absolute Gasteiger partial charge is 0.467 e. The van der Waals surface area contributed by atoms with Gasteiger partial charge in [-0.1, -0.05) is 0 Å². The summed E-state index contributed by atoms with van der Waals surface area (Å²) < 4.78 is 5.23. The highest BCUT2D eigenvalue weighted by molar-refractivity contribution is 7.13. The lowest BCUT2D eigenvalue weighted by Gasteiger charge is -2.30. The lowest BCUT2D eigenvalue weighted by molar-refractivity contribution is -0.126. The molecule has 25 heavy (non-hydrogen) atoms. The summed E-state index contributed by atoms with van der Waals surface area (Å²) in [5.41, 5.74) is 0.953. The van der Waals surface area contributed by atoms with Crippen LogP contribution in [0.3, 0.4) is 0 Å². The Morgan fingerprint density at radius 2 is 2.20 bits per heavy atom. The zero-order valence-corrected chi connectivity index (χ0v) is 15.0. The van der Waals surface area contributed by atoms with Crippen molar-refractivity contribution in [1.82, 2.24) is 15.2 Å². The summed E-state index contributed by atoms with van der Waals surface area (Å²) in [7, 11) is 0. The van der Waals surface area contributed by atoms with Crippen molar-refractivity contribution in [2.75, 3.05) is 18.4 Å². The molecule has 2 amide bonds. The van der Waals surface area contributed by atoms with Crippen LogP contribution in [0.25, 0.3) is 0 Å². The molecule has 3 heterocycles. The molecule has 2 aromatic heterocycles. The smallest absolute Gasteiger partial charge is 0.223 e. The predicted molar refractivity (Wildman–Crippen MR) is 95.0 cm³/mol. The van der Waals surface area contributed by atoms with Gasteiger partial charge in [0.1, 0.15) is 5.76 Å². The van der Waals surface area contributed by atoms with Crippen molar-refractivity contribution in [2.45, 2.75) is 32.9 Å². The molecule has 0 radical (unpaired) electrons. The highest BCUT2D eigenvalue weighted by Crippen LogP contribution is 2.21. The Morgan fingerprint density at radius 3 is 2.88 bits per heavy atom. The molecular formula is C17H22N4O3S. The first-order valence-corrected chi connectivity index (χ1v) is 9.22. The first-order valence-electron chi connectivity index (χ1n) is 8.34. The number of carbonyl (C=O) groups is 2. The minimum atomic E-state index is -0.109. The highest BCUT2D eigenvalue weighted by atomic mass is 32.1. The summed E-state index contributed by atoms with van der Waals surface area (Å²) in [5.74, 6) is 0.806. The van der Waals surface area contributed by atoms with Crippen LogP contribution in [-0.2, 0) is 22.7 Å². The number of nitrogens with one attached hydrogen (secondary N) is 2. The van der Waals surface area contributed by atoms with Crippen molar-refractivity contribution < 1.29 is 14.0 Å². The molecule has 0 atom stereocenters. The number of anilines is 1. The van der Waals surface area contributed by atoms with E-state index in [0.29, 0.717) is 11.7 Å². The van der Waals surface area contributed by atoms with Crippen LogP contribution in [0.1, 0.15) is 31.2 Å². The second kappa shape index (κ2) is 8.26. The summed E-state index contributed by atoms with van der Waals surface area (Å²) in [6.45, 7) is 4.40. The van der Waals surface area contributed by atoms with E-state index in [4.69, 9.17) is 4.42 Å².